The Hall–Kier alpha value is -4.03. The summed E-state index contributed by atoms with van der Waals surface area (Å²) in [4.78, 5) is 14.5. The number of aliphatic hydroxyl groups is 1. The summed E-state index contributed by atoms with van der Waals surface area (Å²) in [5, 5.41) is 11.0. The van der Waals surface area contributed by atoms with Gasteiger partial charge in [0, 0.05) is 23.6 Å². The van der Waals surface area contributed by atoms with Crippen LogP contribution in [-0.2, 0) is 11.3 Å². The molecule has 1 N–H and O–H groups in total. The van der Waals surface area contributed by atoms with Crippen LogP contribution in [0.2, 0.25) is 0 Å². The number of carbonyl (C=O) groups is 1. The number of rotatable bonds is 11. The number of nitrogens with zero attached hydrogens (tertiary/aromatic N) is 1. The molecule has 38 heavy (non-hydrogen) atoms. The van der Waals surface area contributed by atoms with Gasteiger partial charge in [-0.25, -0.2) is 8.78 Å². The molecule has 6 heteroatoms. The molecule has 0 aliphatic carbocycles. The smallest absolute Gasteiger partial charge is 0.162 e. The number of aliphatic hydroxyl groups excluding tert-OH is 1. The Morgan fingerprint density at radius 2 is 1.61 bits per heavy atom. The third kappa shape index (κ3) is 6.45. The van der Waals surface area contributed by atoms with Crippen molar-refractivity contribution < 1.29 is 23.4 Å². The van der Waals surface area contributed by atoms with Crippen LogP contribution in [0.5, 0.6) is 0 Å². The molecule has 1 aliphatic heterocycles. The van der Waals surface area contributed by atoms with Gasteiger partial charge in [-0.3, -0.25) is 4.79 Å². The van der Waals surface area contributed by atoms with Crippen molar-refractivity contribution in [2.24, 2.45) is 5.92 Å². The van der Waals surface area contributed by atoms with Crippen molar-refractivity contribution in [3.05, 3.63) is 138 Å². The SMILES string of the molecule is C=C(/C=C\C(=C/C)OCc1ccccc1)C1[C@@H](CCC(=O)c2ccc(F)cc2)C(O)N1c1ccc(F)cc1. The number of anilines is 1. The Balaban J connectivity index is 1.47. The van der Waals surface area contributed by atoms with Gasteiger partial charge in [-0.15, -0.1) is 0 Å². The van der Waals surface area contributed by atoms with Crippen LogP contribution < -0.4 is 4.90 Å². The number of ether oxygens (including phenoxy) is 1. The zero-order valence-corrected chi connectivity index (χ0v) is 21.3. The van der Waals surface area contributed by atoms with Crippen LogP contribution in [0.25, 0.3) is 0 Å². The average molecular weight is 516 g/mol. The van der Waals surface area contributed by atoms with Crippen molar-refractivity contribution in [2.75, 3.05) is 4.90 Å². The number of carbonyl (C=O) groups excluding carboxylic acids is 1. The van der Waals surface area contributed by atoms with Gasteiger partial charge in [0.1, 0.15) is 30.2 Å². The molecule has 1 saturated heterocycles. The first-order valence-electron chi connectivity index (χ1n) is 12.6. The number of Topliss-reactive ketones (excluding diaryl/α,β-unsaturated/α-hetero) is 1. The maximum Gasteiger partial charge on any atom is 0.162 e. The molecule has 0 bridgehead atoms. The Bertz CT molecular complexity index is 1300. The molecular weight excluding hydrogens is 484 g/mol. The van der Waals surface area contributed by atoms with E-state index in [4.69, 9.17) is 4.74 Å². The van der Waals surface area contributed by atoms with E-state index >= 15 is 0 Å². The van der Waals surface area contributed by atoms with Gasteiger partial charge < -0.3 is 14.7 Å². The average Bonchev–Trinajstić information content (AvgIpc) is 2.93. The Morgan fingerprint density at radius 3 is 2.24 bits per heavy atom. The monoisotopic (exact) mass is 515 g/mol. The van der Waals surface area contributed by atoms with Crippen LogP contribution in [0.15, 0.2) is 115 Å². The van der Waals surface area contributed by atoms with Crippen LogP contribution in [-0.4, -0.2) is 23.2 Å². The number of ketones is 1. The second-order valence-electron chi connectivity index (χ2n) is 9.25. The molecule has 0 radical (unpaired) electrons. The van der Waals surface area contributed by atoms with Gasteiger partial charge in [0.2, 0.25) is 0 Å². The van der Waals surface area contributed by atoms with E-state index in [1.165, 1.54) is 36.4 Å². The largest absolute Gasteiger partial charge is 0.489 e. The van der Waals surface area contributed by atoms with E-state index in [0.717, 1.165) is 11.1 Å². The molecule has 0 aromatic heterocycles. The molecule has 1 aliphatic rings. The molecule has 3 atom stereocenters. The van der Waals surface area contributed by atoms with Crippen LogP contribution >= 0.6 is 0 Å². The predicted molar refractivity (Wildman–Crippen MR) is 145 cm³/mol. The van der Waals surface area contributed by atoms with Gasteiger partial charge in [0.05, 0.1) is 6.04 Å². The van der Waals surface area contributed by atoms with Gasteiger partial charge in [-0.05, 0) is 85.2 Å². The highest BCUT2D eigenvalue weighted by Crippen LogP contribution is 2.42. The van der Waals surface area contributed by atoms with Crippen molar-refractivity contribution in [1.29, 1.82) is 0 Å². The van der Waals surface area contributed by atoms with Crippen LogP contribution in [0.3, 0.4) is 0 Å². The molecule has 1 fully saturated rings. The molecule has 196 valence electrons. The first-order valence-corrected chi connectivity index (χ1v) is 12.6. The topological polar surface area (TPSA) is 49.8 Å². The van der Waals surface area contributed by atoms with E-state index < -0.39 is 12.0 Å². The molecule has 3 aromatic carbocycles. The fraction of sp³-hybridized carbons (Fsp3) is 0.219. The highest BCUT2D eigenvalue weighted by molar-refractivity contribution is 5.96. The Morgan fingerprint density at radius 1 is 0.974 bits per heavy atom. The Labute approximate surface area is 222 Å². The maximum absolute atomic E-state index is 13.6. The minimum Gasteiger partial charge on any atom is -0.489 e. The zero-order chi connectivity index (χ0) is 27.1. The summed E-state index contributed by atoms with van der Waals surface area (Å²) in [5.41, 5.74) is 2.86. The van der Waals surface area contributed by atoms with Gasteiger partial charge in [0.25, 0.3) is 0 Å². The van der Waals surface area contributed by atoms with Crippen molar-refractivity contribution >= 4 is 11.5 Å². The second-order valence-corrected chi connectivity index (χ2v) is 9.25. The number of allylic oxidation sites excluding steroid dienone is 2. The summed E-state index contributed by atoms with van der Waals surface area (Å²) in [6, 6.07) is 20.9. The molecule has 0 spiro atoms. The third-order valence-corrected chi connectivity index (χ3v) is 6.74. The summed E-state index contributed by atoms with van der Waals surface area (Å²) in [6.07, 6.45) is 5.28. The standard InChI is InChI=1S/C32H31F2NO3/c1-3-28(38-21-23-7-5-4-6-8-23)18-9-22(2)31-29(19-20-30(36)24-10-12-25(33)13-11-24)32(37)35(31)27-16-14-26(34)15-17-27/h3-18,29,31-32,37H,2,19-21H2,1H3/b18-9-,28-3+/t29-,31?,32?/m1/s1. The lowest BCUT2D eigenvalue weighted by atomic mass is 9.77. The van der Waals surface area contributed by atoms with Crippen molar-refractivity contribution in [3.63, 3.8) is 0 Å². The van der Waals surface area contributed by atoms with Gasteiger partial charge in [0.15, 0.2) is 5.78 Å². The van der Waals surface area contributed by atoms with E-state index in [-0.39, 0.29) is 30.0 Å². The molecule has 4 nitrogen and oxygen atoms in total. The number of hydrogen-bond donors (Lipinski definition) is 1. The van der Waals surface area contributed by atoms with E-state index in [9.17, 15) is 18.7 Å². The van der Waals surface area contributed by atoms with E-state index in [2.05, 4.69) is 6.58 Å². The molecule has 3 aromatic rings. The lowest BCUT2D eigenvalue weighted by Crippen LogP contribution is -2.64. The maximum atomic E-state index is 13.6. The minimum absolute atomic E-state index is 0.122. The van der Waals surface area contributed by atoms with Gasteiger partial charge in [-0.1, -0.05) is 43.0 Å². The molecule has 2 unspecified atom stereocenters. The fourth-order valence-electron chi connectivity index (χ4n) is 4.66. The quantitative estimate of drug-likeness (QED) is 0.170. The number of halogens is 2. The van der Waals surface area contributed by atoms with Crippen molar-refractivity contribution in [1.82, 2.24) is 0 Å². The van der Waals surface area contributed by atoms with E-state index in [1.807, 2.05) is 55.5 Å². The molecule has 1 heterocycles. The molecule has 0 saturated carbocycles. The molecule has 0 amide bonds. The van der Waals surface area contributed by atoms with E-state index in [1.54, 1.807) is 17.0 Å². The zero-order valence-electron chi connectivity index (χ0n) is 21.3. The minimum atomic E-state index is -0.868. The highest BCUT2D eigenvalue weighted by Gasteiger charge is 2.48. The molecular formula is C32H31F2NO3. The predicted octanol–water partition coefficient (Wildman–Crippen LogP) is 6.98. The number of hydrogen-bond acceptors (Lipinski definition) is 4. The summed E-state index contributed by atoms with van der Waals surface area (Å²) in [6.45, 7) is 6.56. The van der Waals surface area contributed by atoms with Crippen molar-refractivity contribution in [2.45, 2.75) is 38.6 Å². The summed E-state index contributed by atoms with van der Waals surface area (Å²) < 4.78 is 32.7. The first kappa shape index (κ1) is 27.0. The summed E-state index contributed by atoms with van der Waals surface area (Å²) in [7, 11) is 0. The van der Waals surface area contributed by atoms with Crippen LogP contribution in [0.1, 0.15) is 35.7 Å². The van der Waals surface area contributed by atoms with E-state index in [0.29, 0.717) is 30.0 Å². The van der Waals surface area contributed by atoms with Crippen molar-refractivity contribution in [3.8, 4) is 0 Å². The summed E-state index contributed by atoms with van der Waals surface area (Å²) in [5.74, 6) is -0.494. The fourth-order valence-corrected chi connectivity index (χ4v) is 4.66. The lowest BCUT2D eigenvalue weighted by Gasteiger charge is -2.54. The van der Waals surface area contributed by atoms with Gasteiger partial charge >= 0.3 is 0 Å². The van der Waals surface area contributed by atoms with Crippen LogP contribution in [0.4, 0.5) is 14.5 Å². The summed E-state index contributed by atoms with van der Waals surface area (Å²) >= 11 is 0. The first-order chi connectivity index (χ1) is 18.4. The highest BCUT2D eigenvalue weighted by atomic mass is 19.1. The number of benzene rings is 3. The van der Waals surface area contributed by atoms with Crippen LogP contribution in [0, 0.1) is 17.6 Å². The van der Waals surface area contributed by atoms with Gasteiger partial charge in [-0.2, -0.15) is 0 Å². The molecule has 4 rings (SSSR count). The third-order valence-electron chi connectivity index (χ3n) is 6.74. The normalized spacial score (nSPS) is 19.3. The Kier molecular flexibility index (Phi) is 8.87. The lowest BCUT2D eigenvalue weighted by molar-refractivity contribution is 0.0142. The second kappa shape index (κ2) is 12.5.